The van der Waals surface area contributed by atoms with Crippen molar-refractivity contribution in [2.45, 2.75) is 12.2 Å². The van der Waals surface area contributed by atoms with E-state index in [1.54, 1.807) is 24.2 Å². The molecule has 0 aromatic carbocycles. The minimum absolute atomic E-state index is 0.683. The standard InChI is InChI=1S/C18H20N6S2/c19-15-4-2-6-21-16(15)12-26-8-7-22-18-23-11-14(17(25)24-18)9-13-3-1-5-20-10-13/h1-6,10-11H,7-9,12,19H2,(H2,22,23,24,25). The molecular formula is C18H20N6S2. The van der Waals surface area contributed by atoms with Crippen molar-refractivity contribution >= 4 is 35.6 Å². The van der Waals surface area contributed by atoms with Gasteiger partial charge in [-0.2, -0.15) is 11.8 Å². The average Bonchev–Trinajstić information content (AvgIpc) is 2.66. The molecule has 0 spiro atoms. The molecule has 3 aromatic heterocycles. The van der Waals surface area contributed by atoms with Crippen LogP contribution in [0.25, 0.3) is 0 Å². The highest BCUT2D eigenvalue weighted by molar-refractivity contribution is 7.98. The Bertz CT molecular complexity index is 897. The number of thioether (sulfide) groups is 1. The Labute approximate surface area is 161 Å². The minimum Gasteiger partial charge on any atom is -0.397 e. The predicted molar refractivity (Wildman–Crippen MR) is 110 cm³/mol. The van der Waals surface area contributed by atoms with Gasteiger partial charge in [0.15, 0.2) is 0 Å². The van der Waals surface area contributed by atoms with Gasteiger partial charge in [-0.25, -0.2) is 4.98 Å². The molecular weight excluding hydrogens is 364 g/mol. The van der Waals surface area contributed by atoms with Gasteiger partial charge in [0.05, 0.1) is 11.4 Å². The number of aromatic amines is 1. The van der Waals surface area contributed by atoms with Crippen LogP contribution in [0, 0.1) is 4.64 Å². The molecule has 0 amide bonds. The maximum absolute atomic E-state index is 5.89. The lowest BCUT2D eigenvalue weighted by molar-refractivity contribution is 1.02. The second-order valence-electron chi connectivity index (χ2n) is 5.64. The first-order chi connectivity index (χ1) is 12.7. The number of anilines is 2. The first kappa shape index (κ1) is 18.3. The molecule has 134 valence electrons. The van der Waals surface area contributed by atoms with Crippen molar-refractivity contribution < 1.29 is 0 Å². The molecule has 0 aliphatic rings. The van der Waals surface area contributed by atoms with E-state index in [4.69, 9.17) is 18.0 Å². The molecule has 0 saturated heterocycles. The molecule has 3 heterocycles. The van der Waals surface area contributed by atoms with Gasteiger partial charge >= 0.3 is 0 Å². The van der Waals surface area contributed by atoms with Crippen molar-refractivity contribution in [2.24, 2.45) is 0 Å². The number of aromatic nitrogens is 4. The quantitative estimate of drug-likeness (QED) is 0.405. The van der Waals surface area contributed by atoms with Crippen LogP contribution >= 0.6 is 24.0 Å². The number of hydrogen-bond acceptors (Lipinski definition) is 7. The average molecular weight is 385 g/mol. The summed E-state index contributed by atoms with van der Waals surface area (Å²) in [5, 5.41) is 3.26. The van der Waals surface area contributed by atoms with Crippen molar-refractivity contribution in [3.63, 3.8) is 0 Å². The largest absolute Gasteiger partial charge is 0.397 e. The van der Waals surface area contributed by atoms with Gasteiger partial charge in [0, 0.05) is 54.8 Å². The molecule has 6 nitrogen and oxygen atoms in total. The summed E-state index contributed by atoms with van der Waals surface area (Å²) in [4.78, 5) is 16.0. The lowest BCUT2D eigenvalue weighted by Crippen LogP contribution is -2.08. The third kappa shape index (κ3) is 5.27. The number of nitrogens with one attached hydrogen (secondary N) is 2. The highest BCUT2D eigenvalue weighted by Gasteiger charge is 2.03. The van der Waals surface area contributed by atoms with E-state index in [1.807, 2.05) is 36.7 Å². The zero-order chi connectivity index (χ0) is 18.2. The van der Waals surface area contributed by atoms with Gasteiger partial charge in [0.1, 0.15) is 4.64 Å². The van der Waals surface area contributed by atoms with Crippen LogP contribution in [0.3, 0.4) is 0 Å². The molecule has 0 fully saturated rings. The van der Waals surface area contributed by atoms with E-state index >= 15 is 0 Å². The summed E-state index contributed by atoms with van der Waals surface area (Å²) >= 11 is 7.20. The van der Waals surface area contributed by atoms with Crippen LogP contribution in [0.5, 0.6) is 0 Å². The van der Waals surface area contributed by atoms with E-state index in [1.165, 1.54) is 0 Å². The summed E-state index contributed by atoms with van der Waals surface area (Å²) in [7, 11) is 0. The molecule has 4 N–H and O–H groups in total. The van der Waals surface area contributed by atoms with Crippen LogP contribution in [0.2, 0.25) is 0 Å². The number of nitrogens with zero attached hydrogens (tertiary/aromatic N) is 3. The fraction of sp³-hybridized carbons (Fsp3) is 0.222. The van der Waals surface area contributed by atoms with E-state index < -0.39 is 0 Å². The van der Waals surface area contributed by atoms with Crippen LogP contribution in [0.15, 0.2) is 49.1 Å². The highest BCUT2D eigenvalue weighted by atomic mass is 32.2. The SMILES string of the molecule is Nc1cccnc1CSCCNc1ncc(Cc2cccnc2)c(=S)[nH]1. The van der Waals surface area contributed by atoms with E-state index in [9.17, 15) is 0 Å². The Morgan fingerprint density at radius 2 is 2.04 bits per heavy atom. The molecule has 0 atom stereocenters. The van der Waals surface area contributed by atoms with E-state index in [-0.39, 0.29) is 0 Å². The molecule has 3 rings (SSSR count). The summed E-state index contributed by atoms with van der Waals surface area (Å²) in [6, 6.07) is 7.66. The Balaban J connectivity index is 1.46. The number of nitrogen functional groups attached to an aromatic ring is 1. The first-order valence-electron chi connectivity index (χ1n) is 8.20. The van der Waals surface area contributed by atoms with Gasteiger partial charge in [-0.3, -0.25) is 9.97 Å². The molecule has 8 heteroatoms. The predicted octanol–water partition coefficient (Wildman–Crippen LogP) is 3.45. The molecule has 0 aliphatic carbocycles. The summed E-state index contributed by atoms with van der Waals surface area (Å²) in [5.74, 6) is 2.39. The van der Waals surface area contributed by atoms with Gasteiger partial charge in [0.2, 0.25) is 5.95 Å². The molecule has 0 saturated carbocycles. The van der Waals surface area contributed by atoms with Gasteiger partial charge in [-0.1, -0.05) is 18.3 Å². The number of rotatable bonds is 8. The maximum Gasteiger partial charge on any atom is 0.201 e. The fourth-order valence-corrected chi connectivity index (χ4v) is 3.39. The van der Waals surface area contributed by atoms with Crippen LogP contribution < -0.4 is 11.1 Å². The monoisotopic (exact) mass is 384 g/mol. The van der Waals surface area contributed by atoms with Crippen molar-refractivity contribution in [2.75, 3.05) is 23.3 Å². The number of pyridine rings is 2. The van der Waals surface area contributed by atoms with Gasteiger partial charge in [-0.05, 0) is 23.8 Å². The van der Waals surface area contributed by atoms with Gasteiger partial charge < -0.3 is 16.0 Å². The Morgan fingerprint density at radius 1 is 1.15 bits per heavy atom. The van der Waals surface area contributed by atoms with Gasteiger partial charge in [0.25, 0.3) is 0 Å². The van der Waals surface area contributed by atoms with Crippen molar-refractivity contribution in [3.8, 4) is 0 Å². The topological polar surface area (TPSA) is 92.5 Å². The van der Waals surface area contributed by atoms with Crippen LogP contribution in [0.4, 0.5) is 11.6 Å². The van der Waals surface area contributed by atoms with Crippen LogP contribution in [0.1, 0.15) is 16.8 Å². The Hall–Kier alpha value is -2.45. The Morgan fingerprint density at radius 3 is 2.81 bits per heavy atom. The highest BCUT2D eigenvalue weighted by Crippen LogP contribution is 2.15. The van der Waals surface area contributed by atoms with E-state index in [0.717, 1.165) is 47.0 Å². The smallest absolute Gasteiger partial charge is 0.201 e. The first-order valence-corrected chi connectivity index (χ1v) is 9.77. The lowest BCUT2D eigenvalue weighted by Gasteiger charge is -2.08. The molecule has 0 radical (unpaired) electrons. The normalized spacial score (nSPS) is 10.6. The summed E-state index contributed by atoms with van der Waals surface area (Å²) in [6.07, 6.45) is 7.90. The summed E-state index contributed by atoms with van der Waals surface area (Å²) in [6.45, 7) is 0.775. The molecule has 0 unspecified atom stereocenters. The lowest BCUT2D eigenvalue weighted by atomic mass is 10.1. The minimum atomic E-state index is 0.683. The molecule has 0 aliphatic heterocycles. The molecule has 3 aromatic rings. The second kappa shape index (κ2) is 9.30. The second-order valence-corrected chi connectivity index (χ2v) is 7.16. The van der Waals surface area contributed by atoms with Crippen molar-refractivity contribution in [1.29, 1.82) is 0 Å². The third-order valence-electron chi connectivity index (χ3n) is 3.69. The van der Waals surface area contributed by atoms with E-state index in [2.05, 4.69) is 25.3 Å². The van der Waals surface area contributed by atoms with Crippen molar-refractivity contribution in [1.82, 2.24) is 19.9 Å². The van der Waals surface area contributed by atoms with Gasteiger partial charge in [-0.15, -0.1) is 0 Å². The summed E-state index contributed by atoms with van der Waals surface area (Å²) in [5.41, 5.74) is 9.65. The zero-order valence-corrected chi connectivity index (χ0v) is 15.8. The van der Waals surface area contributed by atoms with Crippen LogP contribution in [-0.2, 0) is 12.2 Å². The molecule has 0 bridgehead atoms. The number of hydrogen-bond donors (Lipinski definition) is 3. The van der Waals surface area contributed by atoms with Crippen LogP contribution in [-0.4, -0.2) is 32.2 Å². The number of H-pyrrole nitrogens is 1. The zero-order valence-electron chi connectivity index (χ0n) is 14.2. The third-order valence-corrected chi connectivity index (χ3v) is 5.03. The maximum atomic E-state index is 5.89. The van der Waals surface area contributed by atoms with Crippen molar-refractivity contribution in [3.05, 3.63) is 70.5 Å². The Kier molecular flexibility index (Phi) is 6.56. The van der Waals surface area contributed by atoms with E-state index in [0.29, 0.717) is 10.6 Å². The summed E-state index contributed by atoms with van der Waals surface area (Å²) < 4.78 is 0.695. The molecule has 26 heavy (non-hydrogen) atoms. The fourth-order valence-electron chi connectivity index (χ4n) is 2.34. The number of nitrogens with two attached hydrogens (primary N) is 1.